The van der Waals surface area contributed by atoms with Crippen LogP contribution < -0.4 is 5.32 Å². The molecule has 0 saturated heterocycles. The molecule has 1 aromatic carbocycles. The number of aromatic nitrogens is 1. The van der Waals surface area contributed by atoms with Gasteiger partial charge in [0.25, 0.3) is 0 Å². The minimum absolute atomic E-state index is 0.395. The molecular weight excluding hydrogens is 262 g/mol. The molecule has 0 spiro atoms. The van der Waals surface area contributed by atoms with Gasteiger partial charge in [0, 0.05) is 17.6 Å². The number of para-hydroxylation sites is 1. The zero-order valence-electron chi connectivity index (χ0n) is 12.0. The number of fused-ring (bicyclic) bond motifs is 1. The number of pyridine rings is 1. The van der Waals surface area contributed by atoms with E-state index in [4.69, 9.17) is 5.26 Å². The van der Waals surface area contributed by atoms with Crippen molar-refractivity contribution < 1.29 is 5.11 Å². The highest BCUT2D eigenvalue weighted by Gasteiger charge is 2.28. The lowest BCUT2D eigenvalue weighted by Crippen LogP contribution is -2.38. The Morgan fingerprint density at radius 2 is 2.00 bits per heavy atom. The van der Waals surface area contributed by atoms with Gasteiger partial charge in [0.05, 0.1) is 11.1 Å². The number of hydrogen-bond acceptors (Lipinski definition) is 4. The lowest BCUT2D eigenvalue weighted by Gasteiger charge is -2.32. The van der Waals surface area contributed by atoms with Crippen LogP contribution in [0.2, 0.25) is 0 Å². The third-order valence-electron chi connectivity index (χ3n) is 4.22. The Hall–Kier alpha value is -2.12. The van der Waals surface area contributed by atoms with Crippen LogP contribution in [0.25, 0.3) is 10.9 Å². The molecule has 0 aliphatic heterocycles. The minimum atomic E-state index is -0.630. The molecule has 4 nitrogen and oxygen atoms in total. The minimum Gasteiger partial charge on any atom is -0.388 e. The molecule has 2 aromatic rings. The summed E-state index contributed by atoms with van der Waals surface area (Å²) in [7, 11) is 0. The molecular formula is C17H19N3O. The maximum atomic E-state index is 10.6. The Balaban J connectivity index is 1.87. The van der Waals surface area contributed by atoms with Crippen LogP contribution in [-0.2, 0) is 0 Å². The highest BCUT2D eigenvalue weighted by molar-refractivity contribution is 5.91. The van der Waals surface area contributed by atoms with E-state index in [0.717, 1.165) is 42.3 Å². The third kappa shape index (κ3) is 2.98. The quantitative estimate of drug-likeness (QED) is 0.906. The molecule has 1 aromatic heterocycles. The van der Waals surface area contributed by atoms with Crippen molar-refractivity contribution >= 4 is 16.6 Å². The first-order chi connectivity index (χ1) is 10.2. The van der Waals surface area contributed by atoms with Gasteiger partial charge in [-0.15, -0.1) is 0 Å². The van der Waals surface area contributed by atoms with Crippen molar-refractivity contribution in [2.24, 2.45) is 0 Å². The average Bonchev–Trinajstić information content (AvgIpc) is 2.53. The van der Waals surface area contributed by atoms with Crippen molar-refractivity contribution in [3.8, 4) is 6.07 Å². The number of anilines is 1. The van der Waals surface area contributed by atoms with E-state index in [1.54, 1.807) is 6.07 Å². The first-order valence-electron chi connectivity index (χ1n) is 7.46. The maximum absolute atomic E-state index is 10.6. The maximum Gasteiger partial charge on any atom is 0.143 e. The third-order valence-corrected chi connectivity index (χ3v) is 4.22. The van der Waals surface area contributed by atoms with Crippen LogP contribution in [-0.4, -0.2) is 22.2 Å². The second-order valence-electron chi connectivity index (χ2n) is 5.82. The molecule has 0 bridgehead atoms. The molecule has 108 valence electrons. The number of benzene rings is 1. The highest BCUT2D eigenvalue weighted by atomic mass is 16.3. The zero-order chi connectivity index (χ0) is 14.7. The normalized spacial score (nSPS) is 17.3. The number of nitriles is 1. The second-order valence-corrected chi connectivity index (χ2v) is 5.82. The lowest BCUT2D eigenvalue weighted by atomic mass is 9.85. The van der Waals surface area contributed by atoms with Gasteiger partial charge in [0.1, 0.15) is 11.8 Å². The predicted molar refractivity (Wildman–Crippen MR) is 83.0 cm³/mol. The second kappa shape index (κ2) is 5.71. The summed E-state index contributed by atoms with van der Waals surface area (Å²) in [4.78, 5) is 4.30. The topological polar surface area (TPSA) is 68.9 Å². The standard InChI is InChI=1S/C17H19N3O/c18-11-13-10-16(14-6-2-3-7-15(14)20-13)19-12-17(21)8-4-1-5-9-17/h2-3,6-7,10,21H,1,4-5,8-9,12H2,(H,19,20). The van der Waals surface area contributed by atoms with Crippen LogP contribution in [0.15, 0.2) is 30.3 Å². The Labute approximate surface area is 124 Å². The first-order valence-corrected chi connectivity index (χ1v) is 7.46. The van der Waals surface area contributed by atoms with Gasteiger partial charge < -0.3 is 10.4 Å². The predicted octanol–water partition coefficient (Wildman–Crippen LogP) is 3.21. The molecule has 3 rings (SSSR count). The van der Waals surface area contributed by atoms with Gasteiger partial charge in [-0.3, -0.25) is 0 Å². The van der Waals surface area contributed by atoms with Gasteiger partial charge in [0.2, 0.25) is 0 Å². The van der Waals surface area contributed by atoms with Crippen molar-refractivity contribution in [1.82, 2.24) is 4.98 Å². The van der Waals surface area contributed by atoms with E-state index in [2.05, 4.69) is 16.4 Å². The number of nitrogens with zero attached hydrogens (tertiary/aromatic N) is 2. The fourth-order valence-corrected chi connectivity index (χ4v) is 3.03. The summed E-state index contributed by atoms with van der Waals surface area (Å²) in [5.74, 6) is 0. The van der Waals surface area contributed by atoms with Gasteiger partial charge in [-0.1, -0.05) is 37.5 Å². The Bertz CT molecular complexity index is 684. The molecule has 0 radical (unpaired) electrons. The molecule has 1 heterocycles. The van der Waals surface area contributed by atoms with E-state index in [1.165, 1.54) is 6.42 Å². The Morgan fingerprint density at radius 3 is 2.76 bits per heavy atom. The van der Waals surface area contributed by atoms with E-state index in [0.29, 0.717) is 12.2 Å². The summed E-state index contributed by atoms with van der Waals surface area (Å²) in [6.07, 6.45) is 5.05. The molecule has 0 amide bonds. The zero-order valence-corrected chi connectivity index (χ0v) is 12.0. The van der Waals surface area contributed by atoms with Crippen LogP contribution in [0, 0.1) is 11.3 Å². The number of rotatable bonds is 3. The Morgan fingerprint density at radius 1 is 1.24 bits per heavy atom. The van der Waals surface area contributed by atoms with Crippen LogP contribution in [0.1, 0.15) is 37.8 Å². The SMILES string of the molecule is N#Cc1cc(NCC2(O)CCCCC2)c2ccccc2n1. The lowest BCUT2D eigenvalue weighted by molar-refractivity contribution is 0.0167. The van der Waals surface area contributed by atoms with Gasteiger partial charge in [-0.25, -0.2) is 4.98 Å². The molecule has 0 unspecified atom stereocenters. The summed E-state index contributed by atoms with van der Waals surface area (Å²) in [6, 6.07) is 11.6. The molecule has 1 saturated carbocycles. The summed E-state index contributed by atoms with van der Waals surface area (Å²) >= 11 is 0. The van der Waals surface area contributed by atoms with Gasteiger partial charge >= 0.3 is 0 Å². The van der Waals surface area contributed by atoms with Gasteiger partial charge in [-0.2, -0.15) is 5.26 Å². The molecule has 1 aliphatic carbocycles. The van der Waals surface area contributed by atoms with Crippen LogP contribution in [0.3, 0.4) is 0 Å². The number of aliphatic hydroxyl groups is 1. The average molecular weight is 281 g/mol. The largest absolute Gasteiger partial charge is 0.388 e. The van der Waals surface area contributed by atoms with Crippen molar-refractivity contribution in [1.29, 1.82) is 5.26 Å². The summed E-state index contributed by atoms with van der Waals surface area (Å²) in [5.41, 5.74) is 1.44. The number of nitrogens with one attached hydrogen (secondary N) is 1. The first kappa shape index (κ1) is 13.8. The van der Waals surface area contributed by atoms with Gasteiger partial charge in [0.15, 0.2) is 0 Å². The van der Waals surface area contributed by atoms with Crippen molar-refractivity contribution in [2.45, 2.75) is 37.7 Å². The Kier molecular flexibility index (Phi) is 3.76. The van der Waals surface area contributed by atoms with E-state index in [1.807, 2.05) is 24.3 Å². The van der Waals surface area contributed by atoms with Gasteiger partial charge in [-0.05, 0) is 25.0 Å². The molecule has 1 fully saturated rings. The van der Waals surface area contributed by atoms with Crippen molar-refractivity contribution in [2.75, 3.05) is 11.9 Å². The fraction of sp³-hybridized carbons (Fsp3) is 0.412. The molecule has 21 heavy (non-hydrogen) atoms. The van der Waals surface area contributed by atoms with Crippen molar-refractivity contribution in [3.05, 3.63) is 36.0 Å². The number of hydrogen-bond donors (Lipinski definition) is 2. The summed E-state index contributed by atoms with van der Waals surface area (Å²) in [5, 5.41) is 24.0. The van der Waals surface area contributed by atoms with Crippen LogP contribution in [0.4, 0.5) is 5.69 Å². The van der Waals surface area contributed by atoms with E-state index >= 15 is 0 Å². The van der Waals surface area contributed by atoms with E-state index in [-0.39, 0.29) is 0 Å². The smallest absolute Gasteiger partial charge is 0.143 e. The molecule has 1 aliphatic rings. The van der Waals surface area contributed by atoms with Crippen LogP contribution >= 0.6 is 0 Å². The molecule has 4 heteroatoms. The summed E-state index contributed by atoms with van der Waals surface area (Å²) in [6.45, 7) is 0.520. The fourth-order valence-electron chi connectivity index (χ4n) is 3.03. The van der Waals surface area contributed by atoms with Crippen LogP contribution in [0.5, 0.6) is 0 Å². The van der Waals surface area contributed by atoms with E-state index < -0.39 is 5.60 Å². The van der Waals surface area contributed by atoms with Crippen molar-refractivity contribution in [3.63, 3.8) is 0 Å². The van der Waals surface area contributed by atoms with E-state index in [9.17, 15) is 5.11 Å². The highest BCUT2D eigenvalue weighted by Crippen LogP contribution is 2.29. The summed E-state index contributed by atoms with van der Waals surface area (Å²) < 4.78 is 0. The molecule has 0 atom stereocenters. The molecule has 2 N–H and O–H groups in total. The monoisotopic (exact) mass is 281 g/mol.